The average molecular weight is 479 g/mol. The number of hydrogen-bond acceptors (Lipinski definition) is 4. The van der Waals surface area contributed by atoms with Crippen LogP contribution in [0.3, 0.4) is 0 Å². The summed E-state index contributed by atoms with van der Waals surface area (Å²) in [7, 11) is 0. The molecular weight excluding hydrogens is 451 g/mol. The van der Waals surface area contributed by atoms with Crippen LogP contribution in [0.25, 0.3) is 0 Å². The van der Waals surface area contributed by atoms with E-state index in [1.54, 1.807) is 30.3 Å². The smallest absolute Gasteiger partial charge is 0.326 e. The summed E-state index contributed by atoms with van der Waals surface area (Å²) in [5.41, 5.74) is 2.15. The predicted molar refractivity (Wildman–Crippen MR) is 128 cm³/mol. The lowest BCUT2D eigenvalue weighted by Gasteiger charge is -2.21. The van der Waals surface area contributed by atoms with E-state index in [1.165, 1.54) is 25.1 Å². The number of carboxylic acid groups (broad SMARTS) is 1. The Kier molecular flexibility index (Phi) is 8.95. The summed E-state index contributed by atoms with van der Waals surface area (Å²) in [5.74, 6) is -2.25. The van der Waals surface area contributed by atoms with Gasteiger partial charge in [-0.3, -0.25) is 9.59 Å². The van der Waals surface area contributed by atoms with Gasteiger partial charge in [-0.15, -0.1) is 0 Å². The maximum atomic E-state index is 13.5. The van der Waals surface area contributed by atoms with Gasteiger partial charge in [-0.2, -0.15) is 0 Å². The highest BCUT2D eigenvalue weighted by atomic mass is 19.1. The Morgan fingerprint density at radius 2 is 1.46 bits per heavy atom. The predicted octanol–water partition coefficient (Wildman–Crippen LogP) is 3.26. The molecule has 0 aliphatic rings. The standard InChI is InChI=1S/C27H27FN2O5/c1-18(31)29-24(15-20-9-5-11-22(28)13-20)26(32)30-25(27(33)34)16-21-10-6-12-23(14-21)35-17-19-7-3-2-4-8-19/h2-14,24-25H,15-17H2,1H3,(H,29,31)(H,30,32)(H,33,34)/t24-,25-/m0/s1. The van der Waals surface area contributed by atoms with E-state index < -0.39 is 35.7 Å². The van der Waals surface area contributed by atoms with Gasteiger partial charge >= 0.3 is 5.97 Å². The van der Waals surface area contributed by atoms with E-state index in [4.69, 9.17) is 4.74 Å². The van der Waals surface area contributed by atoms with Crippen LogP contribution in [0.5, 0.6) is 5.75 Å². The Labute approximate surface area is 202 Å². The van der Waals surface area contributed by atoms with Crippen molar-refractivity contribution in [2.24, 2.45) is 0 Å². The SMILES string of the molecule is CC(=O)N[C@@H](Cc1cccc(F)c1)C(=O)N[C@@H](Cc1cccc(OCc2ccccc2)c1)C(=O)O. The van der Waals surface area contributed by atoms with Crippen LogP contribution in [0.15, 0.2) is 78.9 Å². The van der Waals surface area contributed by atoms with Crippen LogP contribution in [-0.4, -0.2) is 35.0 Å². The van der Waals surface area contributed by atoms with E-state index >= 15 is 0 Å². The van der Waals surface area contributed by atoms with Gasteiger partial charge in [0.2, 0.25) is 11.8 Å². The molecule has 7 nitrogen and oxygen atoms in total. The van der Waals surface area contributed by atoms with Gasteiger partial charge in [-0.25, -0.2) is 9.18 Å². The van der Waals surface area contributed by atoms with Gasteiger partial charge in [0, 0.05) is 19.8 Å². The largest absolute Gasteiger partial charge is 0.489 e. The third-order valence-electron chi connectivity index (χ3n) is 5.22. The van der Waals surface area contributed by atoms with E-state index in [1.807, 2.05) is 30.3 Å². The van der Waals surface area contributed by atoms with Gasteiger partial charge in [-0.1, -0.05) is 54.6 Å². The van der Waals surface area contributed by atoms with E-state index in [9.17, 15) is 23.9 Å². The summed E-state index contributed by atoms with van der Waals surface area (Å²) in [4.78, 5) is 36.4. The monoisotopic (exact) mass is 478 g/mol. The second-order valence-electron chi connectivity index (χ2n) is 8.11. The Morgan fingerprint density at radius 3 is 2.11 bits per heavy atom. The van der Waals surface area contributed by atoms with Crippen LogP contribution in [0.2, 0.25) is 0 Å². The first-order chi connectivity index (χ1) is 16.8. The molecule has 3 N–H and O–H groups in total. The lowest BCUT2D eigenvalue weighted by molar-refractivity contribution is -0.142. The van der Waals surface area contributed by atoms with Crippen LogP contribution < -0.4 is 15.4 Å². The molecule has 0 radical (unpaired) electrons. The zero-order valence-corrected chi connectivity index (χ0v) is 19.2. The normalized spacial score (nSPS) is 12.3. The first-order valence-corrected chi connectivity index (χ1v) is 11.1. The lowest BCUT2D eigenvalue weighted by Crippen LogP contribution is -2.52. The molecule has 0 bridgehead atoms. The number of amides is 2. The fraction of sp³-hybridized carbons (Fsp3) is 0.222. The molecule has 0 saturated carbocycles. The molecule has 2 atom stereocenters. The van der Waals surface area contributed by atoms with Gasteiger partial charge in [0.05, 0.1) is 0 Å². The first-order valence-electron chi connectivity index (χ1n) is 11.1. The van der Waals surface area contributed by atoms with Crippen LogP contribution in [-0.2, 0) is 33.8 Å². The average Bonchev–Trinajstić information content (AvgIpc) is 2.82. The number of benzene rings is 3. The number of nitrogens with one attached hydrogen (secondary N) is 2. The fourth-order valence-corrected chi connectivity index (χ4v) is 3.57. The lowest BCUT2D eigenvalue weighted by atomic mass is 10.0. The maximum Gasteiger partial charge on any atom is 0.326 e. The Bertz CT molecular complexity index is 1170. The molecule has 0 fully saturated rings. The number of rotatable bonds is 11. The molecule has 3 rings (SSSR count). The summed E-state index contributed by atoms with van der Waals surface area (Å²) < 4.78 is 19.3. The van der Waals surface area contributed by atoms with Crippen molar-refractivity contribution in [3.63, 3.8) is 0 Å². The highest BCUT2D eigenvalue weighted by Gasteiger charge is 2.26. The van der Waals surface area contributed by atoms with Crippen molar-refractivity contribution >= 4 is 17.8 Å². The Balaban J connectivity index is 1.67. The Morgan fingerprint density at radius 1 is 0.829 bits per heavy atom. The van der Waals surface area contributed by atoms with Gasteiger partial charge in [-0.05, 0) is 41.0 Å². The van der Waals surface area contributed by atoms with E-state index in [2.05, 4.69) is 10.6 Å². The van der Waals surface area contributed by atoms with E-state index in [0.717, 1.165) is 5.56 Å². The molecule has 0 saturated heterocycles. The Hall–Kier alpha value is -4.20. The third-order valence-corrected chi connectivity index (χ3v) is 5.22. The molecule has 3 aromatic rings. The summed E-state index contributed by atoms with van der Waals surface area (Å²) in [6.45, 7) is 1.61. The van der Waals surface area contributed by atoms with Crippen molar-refractivity contribution in [2.45, 2.75) is 38.5 Å². The van der Waals surface area contributed by atoms with Crippen molar-refractivity contribution in [1.82, 2.24) is 10.6 Å². The molecule has 0 aliphatic heterocycles. The molecule has 0 aliphatic carbocycles. The molecule has 35 heavy (non-hydrogen) atoms. The molecule has 2 amide bonds. The number of halogens is 1. The van der Waals surface area contributed by atoms with Crippen molar-refractivity contribution in [1.29, 1.82) is 0 Å². The van der Waals surface area contributed by atoms with E-state index in [-0.39, 0.29) is 12.8 Å². The number of carbonyl (C=O) groups is 3. The number of aliphatic carboxylic acids is 1. The molecule has 0 unspecified atom stereocenters. The van der Waals surface area contributed by atoms with Crippen molar-refractivity contribution in [3.05, 3.63) is 101 Å². The molecule has 182 valence electrons. The number of ether oxygens (including phenoxy) is 1. The number of carboxylic acids is 1. The van der Waals surface area contributed by atoms with Crippen molar-refractivity contribution < 1.29 is 28.6 Å². The zero-order valence-electron chi connectivity index (χ0n) is 19.2. The second-order valence-corrected chi connectivity index (χ2v) is 8.11. The third kappa shape index (κ3) is 8.26. The van der Waals surface area contributed by atoms with Crippen LogP contribution in [0.4, 0.5) is 4.39 Å². The minimum atomic E-state index is -1.24. The second kappa shape index (κ2) is 12.3. The van der Waals surface area contributed by atoms with Crippen LogP contribution in [0, 0.1) is 5.82 Å². The quantitative estimate of drug-likeness (QED) is 0.392. The first kappa shape index (κ1) is 25.4. The van der Waals surface area contributed by atoms with Crippen molar-refractivity contribution in [3.8, 4) is 5.75 Å². The van der Waals surface area contributed by atoms with Gasteiger partial charge < -0.3 is 20.5 Å². The minimum absolute atomic E-state index is 0.0103. The van der Waals surface area contributed by atoms with Crippen LogP contribution in [0.1, 0.15) is 23.6 Å². The van der Waals surface area contributed by atoms with Crippen molar-refractivity contribution in [2.75, 3.05) is 0 Å². The molecule has 3 aromatic carbocycles. The fourth-order valence-electron chi connectivity index (χ4n) is 3.57. The highest BCUT2D eigenvalue weighted by molar-refractivity contribution is 5.90. The minimum Gasteiger partial charge on any atom is -0.489 e. The number of carbonyl (C=O) groups excluding carboxylic acids is 2. The molecule has 0 spiro atoms. The van der Waals surface area contributed by atoms with Gasteiger partial charge in [0.1, 0.15) is 30.3 Å². The summed E-state index contributed by atoms with van der Waals surface area (Å²) >= 11 is 0. The summed E-state index contributed by atoms with van der Waals surface area (Å²) in [6.07, 6.45) is 0.0225. The summed E-state index contributed by atoms with van der Waals surface area (Å²) in [5, 5.41) is 14.7. The molecule has 0 heterocycles. The van der Waals surface area contributed by atoms with E-state index in [0.29, 0.717) is 23.5 Å². The summed E-state index contributed by atoms with van der Waals surface area (Å²) in [6, 6.07) is 20.0. The van der Waals surface area contributed by atoms with Gasteiger partial charge in [0.25, 0.3) is 0 Å². The topological polar surface area (TPSA) is 105 Å². The molecule has 8 heteroatoms. The molecule has 0 aromatic heterocycles. The van der Waals surface area contributed by atoms with Crippen LogP contribution >= 0.6 is 0 Å². The molecular formula is C27H27FN2O5. The van der Waals surface area contributed by atoms with Gasteiger partial charge in [0.15, 0.2) is 0 Å². The maximum absolute atomic E-state index is 13.5. The zero-order chi connectivity index (χ0) is 25.2. The highest BCUT2D eigenvalue weighted by Crippen LogP contribution is 2.17. The number of hydrogen-bond donors (Lipinski definition) is 3.